The molecule has 5 heteroatoms. The Morgan fingerprint density at radius 2 is 1.96 bits per heavy atom. The lowest BCUT2D eigenvalue weighted by Crippen LogP contribution is -2.37. The molecule has 3 rings (SSSR count). The van der Waals surface area contributed by atoms with E-state index in [1.165, 1.54) is 0 Å². The lowest BCUT2D eigenvalue weighted by Gasteiger charge is -2.17. The quantitative estimate of drug-likeness (QED) is 0.829. The molecular weight excluding hydrogens is 294 g/mol. The number of fused-ring (bicyclic) bond motifs is 1. The Bertz CT molecular complexity index is 684. The van der Waals surface area contributed by atoms with Crippen LogP contribution in [0, 0.1) is 0 Å². The number of aliphatic hydroxyl groups excluding tert-OH is 1. The number of ether oxygens (including phenoxy) is 2. The highest BCUT2D eigenvalue weighted by atomic mass is 16.7. The van der Waals surface area contributed by atoms with E-state index in [-0.39, 0.29) is 18.7 Å². The predicted octanol–water partition coefficient (Wildman–Crippen LogP) is 2.06. The number of carbonyl (C=O) groups is 1. The van der Waals surface area contributed by atoms with Gasteiger partial charge in [-0.2, -0.15) is 0 Å². The van der Waals surface area contributed by atoms with Gasteiger partial charge in [-0.3, -0.25) is 4.79 Å². The van der Waals surface area contributed by atoms with E-state index in [0.717, 1.165) is 11.1 Å². The van der Waals surface area contributed by atoms with Gasteiger partial charge in [-0.25, -0.2) is 0 Å². The van der Waals surface area contributed by atoms with Gasteiger partial charge in [0.15, 0.2) is 6.79 Å². The third kappa shape index (κ3) is 3.36. The normalized spacial score (nSPS) is 19.2. The second kappa shape index (κ2) is 6.81. The average molecular weight is 313 g/mol. The van der Waals surface area contributed by atoms with Gasteiger partial charge in [0, 0.05) is 12.7 Å². The van der Waals surface area contributed by atoms with Crippen LogP contribution in [-0.2, 0) is 11.2 Å². The zero-order chi connectivity index (χ0) is 16.2. The Morgan fingerprint density at radius 3 is 2.65 bits per heavy atom. The Labute approximate surface area is 134 Å². The van der Waals surface area contributed by atoms with Crippen molar-refractivity contribution in [2.45, 2.75) is 18.6 Å². The number of hydrogen-bond donors (Lipinski definition) is 2. The number of aliphatic hydroxyl groups is 1. The number of hydrogen-bond acceptors (Lipinski definition) is 4. The first kappa shape index (κ1) is 15.5. The fraction of sp³-hybridized carbons (Fsp3) is 0.278. The maximum atomic E-state index is 12.3. The molecule has 0 fully saturated rings. The molecule has 2 aromatic carbocycles. The number of carbonyl (C=O) groups excluding carboxylic acids is 1. The van der Waals surface area contributed by atoms with E-state index in [1.54, 1.807) is 31.4 Å². The molecule has 5 nitrogen and oxygen atoms in total. The molecule has 0 radical (unpaired) electrons. The summed E-state index contributed by atoms with van der Waals surface area (Å²) in [6, 6.07) is 14.2. The van der Waals surface area contributed by atoms with Crippen molar-refractivity contribution in [3.05, 3.63) is 65.2 Å². The molecule has 0 spiro atoms. The first-order chi connectivity index (χ1) is 11.2. The summed E-state index contributed by atoms with van der Waals surface area (Å²) < 4.78 is 10.1. The molecule has 0 heterocycles. The Morgan fingerprint density at radius 1 is 1.22 bits per heavy atom. The fourth-order valence-corrected chi connectivity index (χ4v) is 2.79. The summed E-state index contributed by atoms with van der Waals surface area (Å²) in [5.41, 5.74) is 2.49. The summed E-state index contributed by atoms with van der Waals surface area (Å²) in [5, 5.41) is 13.2. The van der Waals surface area contributed by atoms with Crippen LogP contribution in [0.25, 0.3) is 0 Å². The number of nitrogens with one attached hydrogen (secondary N) is 1. The van der Waals surface area contributed by atoms with Gasteiger partial charge < -0.3 is 19.9 Å². The molecule has 23 heavy (non-hydrogen) atoms. The first-order valence-electron chi connectivity index (χ1n) is 7.47. The Balaban J connectivity index is 1.64. The molecule has 2 aromatic rings. The number of rotatable bonds is 5. The molecule has 0 aliphatic heterocycles. The number of amides is 1. The zero-order valence-corrected chi connectivity index (χ0v) is 12.9. The maximum absolute atomic E-state index is 12.3. The second-order valence-electron chi connectivity index (χ2n) is 5.50. The first-order valence-corrected chi connectivity index (χ1v) is 7.47. The van der Waals surface area contributed by atoms with Gasteiger partial charge in [0.2, 0.25) is 0 Å². The van der Waals surface area contributed by atoms with Crippen LogP contribution < -0.4 is 10.1 Å². The Hall–Kier alpha value is -2.37. The minimum Gasteiger partial charge on any atom is -0.468 e. The van der Waals surface area contributed by atoms with Crippen LogP contribution >= 0.6 is 0 Å². The largest absolute Gasteiger partial charge is 0.468 e. The molecule has 120 valence electrons. The van der Waals surface area contributed by atoms with Gasteiger partial charge in [-0.1, -0.05) is 24.3 Å². The van der Waals surface area contributed by atoms with Crippen molar-refractivity contribution in [2.75, 3.05) is 13.9 Å². The predicted molar refractivity (Wildman–Crippen MR) is 85.3 cm³/mol. The minimum absolute atomic E-state index is 0.165. The van der Waals surface area contributed by atoms with Crippen LogP contribution in [0.15, 0.2) is 48.5 Å². The molecule has 0 unspecified atom stereocenters. The van der Waals surface area contributed by atoms with Crippen LogP contribution in [0.3, 0.4) is 0 Å². The molecule has 2 N–H and O–H groups in total. The fourth-order valence-electron chi connectivity index (χ4n) is 2.79. The smallest absolute Gasteiger partial charge is 0.251 e. The van der Waals surface area contributed by atoms with E-state index in [0.29, 0.717) is 17.7 Å². The highest BCUT2D eigenvalue weighted by Crippen LogP contribution is 2.31. The van der Waals surface area contributed by atoms with Crippen LogP contribution in [0.5, 0.6) is 5.75 Å². The molecule has 0 saturated heterocycles. The van der Waals surface area contributed by atoms with E-state index < -0.39 is 6.10 Å². The summed E-state index contributed by atoms with van der Waals surface area (Å²) in [7, 11) is 1.55. The third-order valence-corrected chi connectivity index (χ3v) is 3.97. The summed E-state index contributed by atoms with van der Waals surface area (Å²) in [4.78, 5) is 12.3. The lowest BCUT2D eigenvalue weighted by molar-refractivity contribution is 0.0511. The molecule has 1 amide bonds. The third-order valence-electron chi connectivity index (χ3n) is 3.97. The summed E-state index contributed by atoms with van der Waals surface area (Å²) in [6.45, 7) is 0.165. The van der Waals surface area contributed by atoms with Crippen LogP contribution in [0.1, 0.15) is 27.6 Å². The SMILES string of the molecule is COCOc1ccc(C(=O)N[C@@H]2Cc3ccccc3[C@H]2O)cc1. The van der Waals surface area contributed by atoms with Gasteiger partial charge in [0.25, 0.3) is 5.91 Å². The van der Waals surface area contributed by atoms with Crippen LogP contribution in [0.4, 0.5) is 0 Å². The highest BCUT2D eigenvalue weighted by molar-refractivity contribution is 5.94. The number of benzene rings is 2. The van der Waals surface area contributed by atoms with Gasteiger partial charge in [0.1, 0.15) is 5.75 Å². The van der Waals surface area contributed by atoms with Crippen molar-refractivity contribution >= 4 is 5.91 Å². The topological polar surface area (TPSA) is 67.8 Å². The van der Waals surface area contributed by atoms with Gasteiger partial charge in [-0.15, -0.1) is 0 Å². The minimum atomic E-state index is -0.667. The van der Waals surface area contributed by atoms with Gasteiger partial charge in [0.05, 0.1) is 12.1 Å². The monoisotopic (exact) mass is 313 g/mol. The van der Waals surface area contributed by atoms with Crippen molar-refractivity contribution in [3.8, 4) is 5.75 Å². The van der Waals surface area contributed by atoms with E-state index in [4.69, 9.17) is 9.47 Å². The second-order valence-corrected chi connectivity index (χ2v) is 5.50. The molecule has 1 aliphatic carbocycles. The maximum Gasteiger partial charge on any atom is 0.251 e. The molecule has 1 aliphatic rings. The van der Waals surface area contributed by atoms with Crippen molar-refractivity contribution < 1.29 is 19.4 Å². The summed E-state index contributed by atoms with van der Waals surface area (Å²) >= 11 is 0. The molecule has 0 aromatic heterocycles. The number of methoxy groups -OCH3 is 1. The van der Waals surface area contributed by atoms with Crippen molar-refractivity contribution in [1.29, 1.82) is 0 Å². The molecule has 2 atom stereocenters. The van der Waals surface area contributed by atoms with Gasteiger partial charge >= 0.3 is 0 Å². The highest BCUT2D eigenvalue weighted by Gasteiger charge is 2.31. The molecular formula is C18H19NO4. The summed E-state index contributed by atoms with van der Waals surface area (Å²) in [6.07, 6.45) is -0.0301. The van der Waals surface area contributed by atoms with Crippen LogP contribution in [0.2, 0.25) is 0 Å². The lowest BCUT2D eigenvalue weighted by atomic mass is 10.1. The van der Waals surface area contributed by atoms with E-state index >= 15 is 0 Å². The van der Waals surface area contributed by atoms with E-state index in [9.17, 15) is 9.90 Å². The van der Waals surface area contributed by atoms with Crippen molar-refractivity contribution in [1.82, 2.24) is 5.32 Å². The summed E-state index contributed by atoms with van der Waals surface area (Å²) in [5.74, 6) is 0.428. The average Bonchev–Trinajstić information content (AvgIpc) is 2.90. The zero-order valence-electron chi connectivity index (χ0n) is 12.9. The van der Waals surface area contributed by atoms with E-state index in [1.807, 2.05) is 24.3 Å². The van der Waals surface area contributed by atoms with Crippen molar-refractivity contribution in [3.63, 3.8) is 0 Å². The molecule has 0 bridgehead atoms. The molecule has 0 saturated carbocycles. The van der Waals surface area contributed by atoms with Crippen LogP contribution in [-0.4, -0.2) is 31.0 Å². The van der Waals surface area contributed by atoms with Gasteiger partial charge in [-0.05, 0) is 41.8 Å². The Kier molecular flexibility index (Phi) is 4.60. The standard InChI is InChI=1S/C18H19NO4/c1-22-11-23-14-8-6-12(7-9-14)18(21)19-16-10-13-4-2-3-5-15(13)17(16)20/h2-9,16-17,20H,10-11H2,1H3,(H,19,21)/t16-,17-/m1/s1. The van der Waals surface area contributed by atoms with Crippen molar-refractivity contribution in [2.24, 2.45) is 0 Å². The van der Waals surface area contributed by atoms with E-state index in [2.05, 4.69) is 5.32 Å².